The topological polar surface area (TPSA) is 74.2 Å². The van der Waals surface area contributed by atoms with E-state index in [4.69, 9.17) is 13.7 Å². The van der Waals surface area contributed by atoms with Crippen molar-refractivity contribution in [1.82, 2.24) is 0 Å². The number of hydrogen-bond acceptors (Lipinski definition) is 5. The summed E-state index contributed by atoms with van der Waals surface area (Å²) in [6.45, 7) is 0.0717. The highest BCUT2D eigenvalue weighted by molar-refractivity contribution is 7.85. The zero-order valence-corrected chi connectivity index (χ0v) is 17.9. The third-order valence-corrected chi connectivity index (χ3v) is 6.45. The van der Waals surface area contributed by atoms with Gasteiger partial charge in [0, 0.05) is 0 Å². The van der Waals surface area contributed by atoms with E-state index >= 15 is 0 Å². The fourth-order valence-corrected chi connectivity index (χ4v) is 5.09. The largest absolute Gasteiger partial charge is 0.492 e. The Balaban J connectivity index is 1.58. The molecule has 5 rings (SSSR count). The number of rotatable bonds is 6. The van der Waals surface area contributed by atoms with Gasteiger partial charge in [0.15, 0.2) is 12.2 Å². The van der Waals surface area contributed by atoms with Crippen molar-refractivity contribution in [3.8, 4) is 0 Å². The summed E-state index contributed by atoms with van der Waals surface area (Å²) in [4.78, 5) is 0. The summed E-state index contributed by atoms with van der Waals surface area (Å²) in [6.07, 6.45) is 1.42. The minimum atomic E-state index is -3.97. The van der Waals surface area contributed by atoms with E-state index in [0.29, 0.717) is 5.71 Å². The standard InChI is InChI=1S/C25H21NO5S/c27-32(28)26-22-16-17-29-23(24(22)31-32)18-30-25(19-10-4-1-5-11-19,20-12-6-2-7-13-20)21-14-8-3-9-15-21/h1-17,23-24H,18H2/t23-,24+/m1/s1. The van der Waals surface area contributed by atoms with E-state index in [0.717, 1.165) is 16.7 Å². The Kier molecular flexibility index (Phi) is 5.38. The van der Waals surface area contributed by atoms with Gasteiger partial charge in [-0.05, 0) is 22.8 Å². The fourth-order valence-electron chi connectivity index (χ4n) is 4.14. The molecule has 162 valence electrons. The van der Waals surface area contributed by atoms with Crippen molar-refractivity contribution >= 4 is 16.0 Å². The molecule has 0 radical (unpaired) electrons. The second-order valence-corrected chi connectivity index (χ2v) is 8.76. The molecule has 0 aliphatic carbocycles. The van der Waals surface area contributed by atoms with Gasteiger partial charge >= 0.3 is 10.3 Å². The van der Waals surface area contributed by atoms with Crippen LogP contribution in [0.5, 0.6) is 0 Å². The van der Waals surface area contributed by atoms with Gasteiger partial charge in [0.2, 0.25) is 0 Å². The number of fused-ring (bicyclic) bond motifs is 1. The monoisotopic (exact) mass is 447 g/mol. The molecule has 3 aromatic carbocycles. The van der Waals surface area contributed by atoms with Gasteiger partial charge in [-0.25, -0.2) is 4.18 Å². The lowest BCUT2D eigenvalue weighted by molar-refractivity contribution is -0.0634. The Labute approximate surface area is 187 Å². The lowest BCUT2D eigenvalue weighted by Gasteiger charge is -2.37. The van der Waals surface area contributed by atoms with Crippen molar-refractivity contribution < 1.29 is 22.1 Å². The second-order valence-electron chi connectivity index (χ2n) is 7.53. The molecule has 0 bridgehead atoms. The van der Waals surface area contributed by atoms with Crippen molar-refractivity contribution in [3.63, 3.8) is 0 Å². The Bertz CT molecular complexity index is 1140. The van der Waals surface area contributed by atoms with Crippen LogP contribution in [0.15, 0.2) is 108 Å². The molecule has 32 heavy (non-hydrogen) atoms. The minimum absolute atomic E-state index is 0.0717. The van der Waals surface area contributed by atoms with Gasteiger partial charge in [0.25, 0.3) is 0 Å². The maximum absolute atomic E-state index is 11.9. The van der Waals surface area contributed by atoms with Crippen LogP contribution in [0.1, 0.15) is 16.7 Å². The molecule has 6 nitrogen and oxygen atoms in total. The van der Waals surface area contributed by atoms with Gasteiger partial charge in [-0.1, -0.05) is 91.0 Å². The molecular weight excluding hydrogens is 426 g/mol. The lowest BCUT2D eigenvalue weighted by atomic mass is 9.80. The van der Waals surface area contributed by atoms with Crippen LogP contribution in [-0.4, -0.2) is 32.9 Å². The molecule has 0 fully saturated rings. The zero-order chi connectivity index (χ0) is 22.0. The van der Waals surface area contributed by atoms with Crippen LogP contribution in [0.2, 0.25) is 0 Å². The van der Waals surface area contributed by atoms with Crippen LogP contribution >= 0.6 is 0 Å². The molecule has 2 atom stereocenters. The Morgan fingerprint density at radius 3 is 1.81 bits per heavy atom. The number of ether oxygens (including phenoxy) is 2. The summed E-state index contributed by atoms with van der Waals surface area (Å²) in [7, 11) is -3.97. The van der Waals surface area contributed by atoms with Crippen molar-refractivity contribution in [2.75, 3.05) is 6.61 Å². The normalized spacial score (nSPS) is 21.4. The summed E-state index contributed by atoms with van der Waals surface area (Å²) < 4.78 is 45.0. The van der Waals surface area contributed by atoms with Crippen LogP contribution < -0.4 is 0 Å². The Hall–Kier alpha value is -3.26. The highest BCUT2D eigenvalue weighted by atomic mass is 32.2. The molecule has 3 aromatic rings. The van der Waals surface area contributed by atoms with Crippen molar-refractivity contribution in [2.45, 2.75) is 17.8 Å². The predicted octanol–water partition coefficient (Wildman–Crippen LogP) is 3.99. The van der Waals surface area contributed by atoms with E-state index in [1.807, 2.05) is 91.0 Å². The molecule has 0 spiro atoms. The summed E-state index contributed by atoms with van der Waals surface area (Å²) >= 11 is 0. The summed E-state index contributed by atoms with van der Waals surface area (Å²) in [6, 6.07) is 29.8. The SMILES string of the molecule is O=S1(=O)N=C2C=CO[C@H](COC(c3ccccc3)(c3ccccc3)c3ccccc3)[C@H]2O1. The molecule has 0 amide bonds. The number of benzene rings is 3. The molecule has 0 saturated carbocycles. The van der Waals surface area contributed by atoms with E-state index < -0.39 is 28.1 Å². The van der Waals surface area contributed by atoms with Crippen LogP contribution in [-0.2, 0) is 29.6 Å². The molecule has 2 aliphatic rings. The highest BCUT2D eigenvalue weighted by Crippen LogP contribution is 2.41. The summed E-state index contributed by atoms with van der Waals surface area (Å²) in [5.74, 6) is 0. The van der Waals surface area contributed by atoms with Crippen LogP contribution in [0.4, 0.5) is 0 Å². The Morgan fingerprint density at radius 2 is 1.31 bits per heavy atom. The predicted molar refractivity (Wildman–Crippen MR) is 120 cm³/mol. The molecule has 0 N–H and O–H groups in total. The lowest BCUT2D eigenvalue weighted by Crippen LogP contribution is -2.43. The van der Waals surface area contributed by atoms with Crippen LogP contribution in [0.3, 0.4) is 0 Å². The first-order valence-corrected chi connectivity index (χ1v) is 11.6. The maximum atomic E-state index is 11.9. The Morgan fingerprint density at radius 1 is 0.812 bits per heavy atom. The van der Waals surface area contributed by atoms with E-state index in [2.05, 4.69) is 4.40 Å². The third-order valence-electron chi connectivity index (χ3n) is 5.57. The summed E-state index contributed by atoms with van der Waals surface area (Å²) in [5.41, 5.74) is 2.20. The first-order chi connectivity index (χ1) is 15.6. The van der Waals surface area contributed by atoms with E-state index in [1.165, 1.54) is 12.3 Å². The van der Waals surface area contributed by atoms with Crippen molar-refractivity contribution in [3.05, 3.63) is 120 Å². The van der Waals surface area contributed by atoms with Gasteiger partial charge in [-0.2, -0.15) is 8.42 Å². The summed E-state index contributed by atoms with van der Waals surface area (Å²) in [5, 5.41) is 0. The van der Waals surface area contributed by atoms with E-state index in [9.17, 15) is 8.42 Å². The van der Waals surface area contributed by atoms with Crippen LogP contribution in [0, 0.1) is 0 Å². The molecular formula is C25H21NO5S. The minimum Gasteiger partial charge on any atom is -0.492 e. The van der Waals surface area contributed by atoms with Crippen molar-refractivity contribution in [1.29, 1.82) is 0 Å². The average molecular weight is 448 g/mol. The average Bonchev–Trinajstić information content (AvgIpc) is 3.16. The highest BCUT2D eigenvalue weighted by Gasteiger charge is 2.43. The van der Waals surface area contributed by atoms with Crippen LogP contribution in [0.25, 0.3) is 0 Å². The maximum Gasteiger partial charge on any atom is 0.381 e. The van der Waals surface area contributed by atoms with Gasteiger partial charge in [-0.3, -0.25) is 0 Å². The molecule has 0 unspecified atom stereocenters. The number of nitrogens with zero attached hydrogens (tertiary/aromatic N) is 1. The first-order valence-electron chi connectivity index (χ1n) is 10.2. The quantitative estimate of drug-likeness (QED) is 0.534. The van der Waals surface area contributed by atoms with Gasteiger partial charge in [0.1, 0.15) is 5.60 Å². The van der Waals surface area contributed by atoms with Gasteiger partial charge < -0.3 is 9.47 Å². The van der Waals surface area contributed by atoms with E-state index in [1.54, 1.807) is 0 Å². The molecule has 7 heteroatoms. The molecule has 2 heterocycles. The zero-order valence-electron chi connectivity index (χ0n) is 17.1. The molecule has 0 saturated heterocycles. The van der Waals surface area contributed by atoms with Gasteiger partial charge in [0.05, 0.1) is 18.6 Å². The fraction of sp³-hybridized carbons (Fsp3) is 0.160. The van der Waals surface area contributed by atoms with E-state index in [-0.39, 0.29) is 6.61 Å². The third kappa shape index (κ3) is 3.75. The number of hydrogen-bond donors (Lipinski definition) is 0. The first kappa shape index (κ1) is 20.6. The molecule has 2 aliphatic heterocycles. The molecule has 0 aromatic heterocycles. The second kappa shape index (κ2) is 8.35. The smallest absolute Gasteiger partial charge is 0.381 e. The van der Waals surface area contributed by atoms with Crippen molar-refractivity contribution in [2.24, 2.45) is 4.40 Å². The van der Waals surface area contributed by atoms with Gasteiger partial charge in [-0.15, -0.1) is 4.40 Å².